The summed E-state index contributed by atoms with van der Waals surface area (Å²) in [5.41, 5.74) is -0.234. The number of hydrogen-bond donors (Lipinski definition) is 4. The number of benzene rings is 4. The van der Waals surface area contributed by atoms with Crippen LogP contribution in [-0.2, 0) is 0 Å². The van der Waals surface area contributed by atoms with Gasteiger partial charge in [-0.25, -0.2) is 0 Å². The average molecular weight is 476 g/mol. The molecule has 0 amide bonds. The van der Waals surface area contributed by atoms with Gasteiger partial charge in [-0.3, -0.25) is 19.2 Å². The highest BCUT2D eigenvalue weighted by molar-refractivity contribution is 5.76. The van der Waals surface area contributed by atoms with Gasteiger partial charge in [-0.1, -0.05) is 36.4 Å². The van der Waals surface area contributed by atoms with E-state index in [-0.39, 0.29) is 21.5 Å². The van der Waals surface area contributed by atoms with Gasteiger partial charge in [0.1, 0.15) is 0 Å². The maximum absolute atomic E-state index is 13.0. The van der Waals surface area contributed by atoms with Crippen LogP contribution in [0.4, 0.5) is 0 Å². The first-order valence-electron chi connectivity index (χ1n) is 11.1. The third-order valence-electron chi connectivity index (χ3n) is 5.62. The molecule has 4 N–H and O–H groups in total. The predicted octanol–water partition coefficient (Wildman–Crippen LogP) is 3.86. The van der Waals surface area contributed by atoms with Crippen molar-refractivity contribution in [2.45, 2.75) is 0 Å². The number of H-pyrrole nitrogens is 4. The van der Waals surface area contributed by atoms with Gasteiger partial charge in [-0.2, -0.15) is 0 Å². The zero-order valence-electron chi connectivity index (χ0n) is 18.9. The summed E-state index contributed by atoms with van der Waals surface area (Å²) in [4.78, 5) is 63.1. The molecule has 1 heterocycles. The first-order chi connectivity index (χ1) is 17.5. The van der Waals surface area contributed by atoms with Crippen molar-refractivity contribution in [3.63, 3.8) is 0 Å². The van der Waals surface area contributed by atoms with E-state index in [2.05, 4.69) is 19.9 Å². The lowest BCUT2D eigenvalue weighted by Crippen LogP contribution is -2.08. The molecular weight excluding hydrogens is 456 g/mol. The maximum atomic E-state index is 13.0. The molecule has 0 aliphatic heterocycles. The molecule has 0 aliphatic rings. The highest BCUT2D eigenvalue weighted by Gasteiger charge is 1.98. The zero-order chi connectivity index (χ0) is 25.1. The Balaban J connectivity index is 2.04. The Morgan fingerprint density at radius 1 is 0.333 bits per heavy atom. The molecule has 36 heavy (non-hydrogen) atoms. The van der Waals surface area contributed by atoms with Crippen LogP contribution >= 0.6 is 0 Å². The minimum Gasteiger partial charge on any atom is -0.320 e. The standard InChI is InChI=1S/C28H20N4O4/c33-25-17-7-5-9-19(15-17)27(35)31-23-13-3-4-14-24(23)32-28(36)20-10-6-8-18(16-20)26(34)30-22-12-2-1-11-21(22)29-25/h1-16H,(H,29,33)(H,30,34)(H,31,35)(H,32,36). The lowest BCUT2D eigenvalue weighted by atomic mass is 10.2. The van der Waals surface area contributed by atoms with Gasteiger partial charge in [0.25, 0.3) is 22.2 Å². The van der Waals surface area contributed by atoms with Crippen molar-refractivity contribution in [3.05, 3.63) is 138 Å². The number of nitrogens with one attached hydrogen (secondary N) is 4. The number of hydrogen-bond acceptors (Lipinski definition) is 4. The van der Waals surface area contributed by atoms with Crippen molar-refractivity contribution in [2.75, 3.05) is 0 Å². The van der Waals surface area contributed by atoms with Crippen LogP contribution in [0.3, 0.4) is 0 Å². The third kappa shape index (κ3) is 4.69. The fourth-order valence-corrected chi connectivity index (χ4v) is 3.78. The van der Waals surface area contributed by atoms with Crippen molar-refractivity contribution in [2.24, 2.45) is 0 Å². The van der Waals surface area contributed by atoms with Crippen LogP contribution in [0.5, 0.6) is 0 Å². The number of aromatic amines is 4. The lowest BCUT2D eigenvalue weighted by molar-refractivity contribution is 1.29. The second-order valence-corrected chi connectivity index (χ2v) is 8.07. The molecule has 0 atom stereocenters. The summed E-state index contributed by atoms with van der Waals surface area (Å²) >= 11 is 0. The Morgan fingerprint density at radius 2 is 0.583 bits per heavy atom. The van der Waals surface area contributed by atoms with Gasteiger partial charge in [-0.05, 0) is 60.7 Å². The van der Waals surface area contributed by atoms with E-state index in [9.17, 15) is 19.2 Å². The number of para-hydroxylation sites is 4. The van der Waals surface area contributed by atoms with Crippen molar-refractivity contribution in [3.8, 4) is 0 Å². The Hall–Kier alpha value is -5.24. The number of aromatic nitrogens is 4. The molecule has 176 valence electrons. The van der Waals surface area contributed by atoms with E-state index in [0.717, 1.165) is 0 Å². The highest BCUT2D eigenvalue weighted by Crippen LogP contribution is 2.06. The van der Waals surface area contributed by atoms with Gasteiger partial charge in [0.05, 0.1) is 22.1 Å². The fraction of sp³-hybridized carbons (Fsp3) is 0. The fourth-order valence-electron chi connectivity index (χ4n) is 3.78. The Kier molecular flexibility index (Phi) is 5.98. The Bertz CT molecular complexity index is 1760. The third-order valence-corrected chi connectivity index (χ3v) is 5.62. The summed E-state index contributed by atoms with van der Waals surface area (Å²) in [5.74, 6) is 0. The van der Waals surface area contributed by atoms with Crippen LogP contribution in [0.2, 0.25) is 0 Å². The first-order valence-corrected chi connectivity index (χ1v) is 11.1. The molecule has 0 aliphatic carbocycles. The molecule has 4 aromatic carbocycles. The number of rotatable bonds is 0. The molecule has 0 saturated heterocycles. The second-order valence-electron chi connectivity index (χ2n) is 8.07. The molecule has 4 bridgehead atoms. The average Bonchev–Trinajstić information content (AvgIpc) is 2.90. The minimum absolute atomic E-state index is 0.263. The predicted molar refractivity (Wildman–Crippen MR) is 143 cm³/mol. The van der Waals surface area contributed by atoms with Crippen LogP contribution < -0.4 is 22.2 Å². The summed E-state index contributed by atoms with van der Waals surface area (Å²) in [7, 11) is 0. The summed E-state index contributed by atoms with van der Waals surface area (Å²) in [5, 5.41) is 1.05. The van der Waals surface area contributed by atoms with Crippen LogP contribution in [0, 0.1) is 0 Å². The van der Waals surface area contributed by atoms with E-state index >= 15 is 0 Å². The molecule has 0 saturated carbocycles. The highest BCUT2D eigenvalue weighted by atomic mass is 16.1. The first kappa shape index (κ1) is 22.5. The Morgan fingerprint density at radius 3 is 0.833 bits per heavy atom. The van der Waals surface area contributed by atoms with Crippen LogP contribution in [0.1, 0.15) is 0 Å². The van der Waals surface area contributed by atoms with Crippen molar-refractivity contribution >= 4 is 43.6 Å². The summed E-state index contributed by atoms with van der Waals surface area (Å²) in [6, 6.07) is 26.0. The van der Waals surface area contributed by atoms with E-state index in [1.54, 1.807) is 84.9 Å². The molecule has 0 spiro atoms. The van der Waals surface area contributed by atoms with Crippen molar-refractivity contribution in [1.29, 1.82) is 0 Å². The topological polar surface area (TPSA) is 131 Å². The van der Waals surface area contributed by atoms with Gasteiger partial charge in [0.2, 0.25) is 0 Å². The summed E-state index contributed by atoms with van der Waals surface area (Å²) < 4.78 is 0. The molecule has 0 unspecified atom stereocenters. The van der Waals surface area contributed by atoms with Crippen molar-refractivity contribution < 1.29 is 0 Å². The zero-order valence-corrected chi connectivity index (χ0v) is 18.9. The van der Waals surface area contributed by atoms with E-state index in [0.29, 0.717) is 22.1 Å². The quantitative estimate of drug-likeness (QED) is 0.270. The van der Waals surface area contributed by atoms with Gasteiger partial charge in [-0.15, -0.1) is 0 Å². The van der Waals surface area contributed by atoms with E-state index in [1.807, 2.05) is 0 Å². The van der Waals surface area contributed by atoms with E-state index in [4.69, 9.17) is 0 Å². The molecule has 8 heteroatoms. The summed E-state index contributed by atoms with van der Waals surface area (Å²) in [6.07, 6.45) is 0. The minimum atomic E-state index is -0.442. The van der Waals surface area contributed by atoms with E-state index < -0.39 is 22.2 Å². The second kappa shape index (κ2) is 9.55. The molecular formula is C28H20N4O4. The monoisotopic (exact) mass is 476 g/mol. The van der Waals surface area contributed by atoms with E-state index in [1.165, 1.54) is 12.1 Å². The van der Waals surface area contributed by atoms with Gasteiger partial charge >= 0.3 is 0 Å². The number of fused-ring (bicyclic) bond motifs is 6. The van der Waals surface area contributed by atoms with Crippen LogP contribution in [0.25, 0.3) is 43.6 Å². The molecule has 8 nitrogen and oxygen atoms in total. The van der Waals surface area contributed by atoms with Gasteiger partial charge in [0.15, 0.2) is 0 Å². The van der Waals surface area contributed by atoms with Crippen LogP contribution in [0.15, 0.2) is 116 Å². The largest absolute Gasteiger partial charge is 0.320 e. The van der Waals surface area contributed by atoms with Crippen LogP contribution in [-0.4, -0.2) is 19.9 Å². The lowest BCUT2D eigenvalue weighted by Gasteiger charge is -1.95. The van der Waals surface area contributed by atoms with Gasteiger partial charge in [0, 0.05) is 21.5 Å². The molecule has 5 aromatic rings. The van der Waals surface area contributed by atoms with Gasteiger partial charge < -0.3 is 19.9 Å². The Labute approximate surface area is 202 Å². The normalized spacial score (nSPS) is 10.7. The molecule has 5 rings (SSSR count). The molecule has 0 radical (unpaired) electrons. The smallest absolute Gasteiger partial charge is 0.255 e. The van der Waals surface area contributed by atoms with Crippen molar-refractivity contribution in [1.82, 2.24) is 19.9 Å². The summed E-state index contributed by atoms with van der Waals surface area (Å²) in [6.45, 7) is 0. The molecule has 0 fully saturated rings. The molecule has 1 aromatic heterocycles. The SMILES string of the molecule is O=c1[nH]c2ccccc2[nH]c(=O)c2cccc(c2)c(=O)[nH]c2ccccc2[nH]c(=O)c2cccc1c2. The maximum Gasteiger partial charge on any atom is 0.255 e.